The molecule has 2 rings (SSSR count). The van der Waals surface area contributed by atoms with Gasteiger partial charge in [0.05, 0.1) is 17.8 Å². The highest BCUT2D eigenvalue weighted by molar-refractivity contribution is 5.96. The molecule has 3 N–H and O–H groups in total. The van der Waals surface area contributed by atoms with Crippen LogP contribution in [0.3, 0.4) is 0 Å². The quantitative estimate of drug-likeness (QED) is 0.840. The molecule has 0 radical (unpaired) electrons. The number of carbonyl (C=O) groups is 1. The molecule has 0 saturated heterocycles. The van der Waals surface area contributed by atoms with E-state index in [9.17, 15) is 9.18 Å². The summed E-state index contributed by atoms with van der Waals surface area (Å²) in [6.45, 7) is 2.24. The Morgan fingerprint density at radius 3 is 2.76 bits per heavy atom. The van der Waals surface area contributed by atoms with E-state index in [4.69, 9.17) is 5.73 Å². The number of hydrogen-bond donors (Lipinski definition) is 2. The van der Waals surface area contributed by atoms with Crippen molar-refractivity contribution in [2.24, 2.45) is 11.1 Å². The van der Waals surface area contributed by atoms with Crippen LogP contribution < -0.4 is 11.1 Å². The molecule has 0 bridgehead atoms. The first-order valence-corrected chi connectivity index (χ1v) is 7.41. The van der Waals surface area contributed by atoms with E-state index >= 15 is 0 Å². The van der Waals surface area contributed by atoms with Crippen molar-refractivity contribution in [3.8, 4) is 11.8 Å². The van der Waals surface area contributed by atoms with Gasteiger partial charge >= 0.3 is 0 Å². The molecule has 0 aliphatic heterocycles. The van der Waals surface area contributed by atoms with E-state index in [1.807, 2.05) is 6.92 Å². The molecule has 0 atom stereocenters. The molecule has 1 aromatic rings. The van der Waals surface area contributed by atoms with E-state index in [1.54, 1.807) is 6.07 Å². The Bertz CT molecular complexity index is 580. The van der Waals surface area contributed by atoms with Crippen LogP contribution in [0.1, 0.15) is 44.6 Å². The van der Waals surface area contributed by atoms with E-state index in [0.29, 0.717) is 11.3 Å². The fourth-order valence-electron chi connectivity index (χ4n) is 2.92. The topological polar surface area (TPSA) is 55.1 Å². The lowest BCUT2D eigenvalue weighted by Gasteiger charge is -2.26. The van der Waals surface area contributed by atoms with E-state index in [1.165, 1.54) is 12.1 Å². The first-order valence-electron chi connectivity index (χ1n) is 7.41. The summed E-state index contributed by atoms with van der Waals surface area (Å²) < 4.78 is 13.3. The van der Waals surface area contributed by atoms with E-state index < -0.39 is 0 Å². The summed E-state index contributed by atoms with van der Waals surface area (Å²) in [5.41, 5.74) is 6.10. The van der Waals surface area contributed by atoms with Crippen LogP contribution in [0.2, 0.25) is 0 Å². The lowest BCUT2D eigenvalue weighted by Crippen LogP contribution is -2.33. The van der Waals surface area contributed by atoms with Gasteiger partial charge in [0, 0.05) is 5.41 Å². The Balaban J connectivity index is 2.24. The number of nitrogens with one attached hydrogen (secondary N) is 1. The maximum atomic E-state index is 13.3. The fraction of sp³-hybridized carbons (Fsp3) is 0.471. The summed E-state index contributed by atoms with van der Waals surface area (Å²) >= 11 is 0. The molecule has 1 amide bonds. The molecule has 3 nitrogen and oxygen atoms in total. The van der Waals surface area contributed by atoms with Crippen LogP contribution in [0.4, 0.5) is 10.1 Å². The zero-order valence-corrected chi connectivity index (χ0v) is 12.3. The van der Waals surface area contributed by atoms with Gasteiger partial charge < -0.3 is 11.1 Å². The van der Waals surface area contributed by atoms with E-state index in [-0.39, 0.29) is 23.7 Å². The first-order chi connectivity index (χ1) is 10.1. The van der Waals surface area contributed by atoms with Crippen LogP contribution in [-0.2, 0) is 4.79 Å². The van der Waals surface area contributed by atoms with Crippen molar-refractivity contribution in [2.45, 2.75) is 39.0 Å². The molecule has 0 spiro atoms. The molecular formula is C17H21FN2O. The van der Waals surface area contributed by atoms with Gasteiger partial charge in [-0.3, -0.25) is 4.79 Å². The Labute approximate surface area is 125 Å². The molecular weight excluding hydrogens is 267 g/mol. The molecule has 1 aromatic carbocycles. The molecule has 21 heavy (non-hydrogen) atoms. The maximum absolute atomic E-state index is 13.3. The third kappa shape index (κ3) is 3.43. The number of carbonyl (C=O) groups excluding carboxylic acids is 1. The highest BCUT2D eigenvalue weighted by Gasteiger charge is 2.39. The minimum absolute atomic E-state index is 0.0184. The maximum Gasteiger partial charge on any atom is 0.230 e. The highest BCUT2D eigenvalue weighted by Crippen LogP contribution is 2.42. The molecule has 112 valence electrons. The van der Waals surface area contributed by atoms with Crippen LogP contribution in [-0.4, -0.2) is 12.5 Å². The van der Waals surface area contributed by atoms with Gasteiger partial charge in [-0.05, 0) is 37.5 Å². The second-order valence-corrected chi connectivity index (χ2v) is 5.49. The molecule has 1 fully saturated rings. The molecule has 1 saturated carbocycles. The van der Waals surface area contributed by atoms with Crippen LogP contribution >= 0.6 is 0 Å². The van der Waals surface area contributed by atoms with Crippen molar-refractivity contribution in [3.63, 3.8) is 0 Å². The molecule has 0 aromatic heterocycles. The number of benzene rings is 1. The molecule has 0 unspecified atom stereocenters. The second kappa shape index (κ2) is 6.73. The Morgan fingerprint density at radius 2 is 2.14 bits per heavy atom. The Morgan fingerprint density at radius 1 is 1.43 bits per heavy atom. The Hall–Kier alpha value is -1.86. The SMILES string of the molecule is CCC1(C(=O)Nc2ccc(F)cc2C#CCN)CCCC1. The monoisotopic (exact) mass is 288 g/mol. The standard InChI is InChI=1S/C17H21FN2O/c1-2-17(9-3-4-10-17)16(21)20-15-8-7-14(18)12-13(15)6-5-11-19/h7-8,12H,2-4,9-11,19H2,1H3,(H,20,21). The largest absolute Gasteiger partial charge is 0.324 e. The van der Waals surface area contributed by atoms with Crippen molar-refractivity contribution in [3.05, 3.63) is 29.6 Å². The summed E-state index contributed by atoms with van der Waals surface area (Å²) in [5.74, 6) is 5.15. The van der Waals surface area contributed by atoms with E-state index in [2.05, 4.69) is 17.2 Å². The number of halogens is 1. The average molecular weight is 288 g/mol. The zero-order valence-electron chi connectivity index (χ0n) is 12.3. The normalized spacial score (nSPS) is 16.1. The molecule has 0 heterocycles. The minimum atomic E-state index is -0.375. The fourth-order valence-corrected chi connectivity index (χ4v) is 2.92. The summed E-state index contributed by atoms with van der Waals surface area (Å²) in [4.78, 5) is 12.6. The summed E-state index contributed by atoms with van der Waals surface area (Å²) in [7, 11) is 0. The molecule has 1 aliphatic carbocycles. The van der Waals surface area contributed by atoms with Crippen LogP contribution in [0.25, 0.3) is 0 Å². The van der Waals surface area contributed by atoms with Gasteiger partial charge in [0.15, 0.2) is 0 Å². The van der Waals surface area contributed by atoms with Crippen molar-refractivity contribution >= 4 is 11.6 Å². The second-order valence-electron chi connectivity index (χ2n) is 5.49. The van der Waals surface area contributed by atoms with Gasteiger partial charge in [0.1, 0.15) is 5.82 Å². The van der Waals surface area contributed by atoms with Crippen molar-refractivity contribution in [1.29, 1.82) is 0 Å². The van der Waals surface area contributed by atoms with Gasteiger partial charge in [-0.2, -0.15) is 0 Å². The third-order valence-electron chi connectivity index (χ3n) is 4.27. The van der Waals surface area contributed by atoms with Gasteiger partial charge in [-0.15, -0.1) is 0 Å². The number of nitrogens with two attached hydrogens (primary N) is 1. The van der Waals surface area contributed by atoms with Crippen molar-refractivity contribution in [1.82, 2.24) is 0 Å². The molecule has 4 heteroatoms. The number of hydrogen-bond acceptors (Lipinski definition) is 2. The summed E-state index contributed by atoms with van der Waals surface area (Å²) in [5, 5.41) is 2.93. The van der Waals surface area contributed by atoms with Gasteiger partial charge in [-0.25, -0.2) is 4.39 Å². The number of rotatable bonds is 3. The van der Waals surface area contributed by atoms with Crippen LogP contribution in [0.15, 0.2) is 18.2 Å². The Kier molecular flexibility index (Phi) is 4.98. The lowest BCUT2D eigenvalue weighted by atomic mass is 9.82. The van der Waals surface area contributed by atoms with Crippen LogP contribution in [0.5, 0.6) is 0 Å². The molecule has 1 aliphatic rings. The van der Waals surface area contributed by atoms with Gasteiger partial charge in [-0.1, -0.05) is 31.6 Å². The lowest BCUT2D eigenvalue weighted by molar-refractivity contribution is -0.125. The highest BCUT2D eigenvalue weighted by atomic mass is 19.1. The summed E-state index contributed by atoms with van der Waals surface area (Å²) in [6.07, 6.45) is 4.83. The van der Waals surface area contributed by atoms with Crippen LogP contribution in [0, 0.1) is 23.1 Å². The summed E-state index contributed by atoms with van der Waals surface area (Å²) in [6, 6.07) is 4.22. The smallest absolute Gasteiger partial charge is 0.230 e. The predicted molar refractivity (Wildman–Crippen MR) is 82.2 cm³/mol. The van der Waals surface area contributed by atoms with Crippen molar-refractivity contribution < 1.29 is 9.18 Å². The van der Waals surface area contributed by atoms with Gasteiger partial charge in [0.2, 0.25) is 5.91 Å². The first kappa shape index (κ1) is 15.5. The number of amides is 1. The minimum Gasteiger partial charge on any atom is -0.324 e. The van der Waals surface area contributed by atoms with Gasteiger partial charge in [0.25, 0.3) is 0 Å². The third-order valence-corrected chi connectivity index (χ3v) is 4.27. The average Bonchev–Trinajstić information content (AvgIpc) is 2.97. The predicted octanol–water partition coefficient (Wildman–Crippen LogP) is 3.04. The number of anilines is 1. The zero-order chi connectivity index (χ0) is 15.3. The van der Waals surface area contributed by atoms with E-state index in [0.717, 1.165) is 32.1 Å². The van der Waals surface area contributed by atoms with Crippen molar-refractivity contribution in [2.75, 3.05) is 11.9 Å².